The zero-order chi connectivity index (χ0) is 10.0. The molecule has 0 spiro atoms. The summed E-state index contributed by atoms with van der Waals surface area (Å²) in [6, 6.07) is 0. The van der Waals surface area contributed by atoms with Gasteiger partial charge >= 0.3 is 18.3 Å². The van der Waals surface area contributed by atoms with Crippen LogP contribution in [0, 0.1) is 0 Å². The Bertz CT molecular complexity index is 115. The van der Waals surface area contributed by atoms with E-state index in [-0.39, 0.29) is 14.9 Å². The summed E-state index contributed by atoms with van der Waals surface area (Å²) in [6.45, 7) is 0. The van der Waals surface area contributed by atoms with Crippen molar-refractivity contribution in [2.24, 2.45) is 0 Å². The van der Waals surface area contributed by atoms with Crippen LogP contribution in [0.4, 0.5) is 0 Å². The third-order valence-electron chi connectivity index (χ3n) is 1.00. The first-order valence-electron chi connectivity index (χ1n) is 2.86. The average molecular weight is 244 g/mol. The molecule has 0 unspecified atom stereocenters. The van der Waals surface area contributed by atoms with E-state index in [1.165, 1.54) is 28.4 Å². The highest BCUT2D eigenvalue weighted by Gasteiger charge is 2.40. The van der Waals surface area contributed by atoms with Gasteiger partial charge in [0.05, 0.1) is 0 Å². The minimum atomic E-state index is -2.69. The van der Waals surface area contributed by atoms with Gasteiger partial charge in [0.1, 0.15) is 0 Å². The molecule has 0 saturated carbocycles. The first kappa shape index (κ1) is 23.6. The standard InChI is InChI=1S/C4H12O4Si.2CH4.O2Si/c1-5-9(6-2,7-3)8-4;;;1-3-2/h1-4H3;2*1H4;. The summed E-state index contributed by atoms with van der Waals surface area (Å²) in [7, 11) is 1.85. The van der Waals surface area contributed by atoms with Gasteiger partial charge in [-0.2, -0.15) is 0 Å². The monoisotopic (exact) mass is 244 g/mol. The second-order valence-electron chi connectivity index (χ2n) is 1.40. The quantitative estimate of drug-likeness (QED) is 0.677. The van der Waals surface area contributed by atoms with Gasteiger partial charge in [-0.3, -0.25) is 8.92 Å². The van der Waals surface area contributed by atoms with Gasteiger partial charge in [0.15, 0.2) is 0 Å². The highest BCUT2D eigenvalue weighted by atomic mass is 28.4. The van der Waals surface area contributed by atoms with Crippen LogP contribution in [-0.4, -0.2) is 46.8 Å². The Hall–Kier alpha value is -0.126. The van der Waals surface area contributed by atoms with Crippen molar-refractivity contribution in [2.75, 3.05) is 28.4 Å². The van der Waals surface area contributed by atoms with Gasteiger partial charge in [-0.1, -0.05) is 14.9 Å². The van der Waals surface area contributed by atoms with E-state index >= 15 is 0 Å². The molecule has 0 amide bonds. The van der Waals surface area contributed by atoms with E-state index < -0.39 is 18.3 Å². The zero-order valence-electron chi connectivity index (χ0n) is 7.45. The fourth-order valence-electron chi connectivity index (χ4n) is 0.500. The average Bonchev–Trinajstić information content (AvgIpc) is 2.11. The Morgan fingerprint density at radius 2 is 0.929 bits per heavy atom. The van der Waals surface area contributed by atoms with Crippen LogP contribution in [0.25, 0.3) is 0 Å². The van der Waals surface area contributed by atoms with Gasteiger partial charge in [-0.15, -0.1) is 0 Å². The molecule has 0 N–H and O–H groups in total. The summed E-state index contributed by atoms with van der Waals surface area (Å²) in [5, 5.41) is 0. The van der Waals surface area contributed by atoms with Crippen LogP contribution in [0.3, 0.4) is 0 Å². The van der Waals surface area contributed by atoms with E-state index in [1.54, 1.807) is 0 Å². The molecule has 0 bridgehead atoms. The normalized spacial score (nSPS) is 8.29. The largest absolute Gasteiger partial charge is 0.678 e. The Morgan fingerprint density at radius 1 is 0.786 bits per heavy atom. The molecule has 88 valence electrons. The van der Waals surface area contributed by atoms with Crippen LogP contribution < -0.4 is 0 Å². The summed E-state index contributed by atoms with van der Waals surface area (Å²) >= 11 is 0. The second kappa shape index (κ2) is 15.4. The smallest absolute Gasteiger partial charge is 0.355 e. The lowest BCUT2D eigenvalue weighted by Crippen LogP contribution is -2.45. The molecule has 6 nitrogen and oxygen atoms in total. The molecule has 0 aliphatic heterocycles. The summed E-state index contributed by atoms with van der Waals surface area (Å²) in [4.78, 5) is 0. The van der Waals surface area contributed by atoms with Crippen molar-refractivity contribution in [2.45, 2.75) is 14.9 Å². The molecule has 0 radical (unpaired) electrons. The predicted molar refractivity (Wildman–Crippen MR) is 54.4 cm³/mol. The van der Waals surface area contributed by atoms with Crippen molar-refractivity contribution in [3.05, 3.63) is 0 Å². The first-order valence-corrected chi connectivity index (χ1v) is 5.31. The molecule has 0 aromatic rings. The molecule has 0 atom stereocenters. The van der Waals surface area contributed by atoms with Crippen molar-refractivity contribution in [3.63, 3.8) is 0 Å². The maximum absolute atomic E-state index is 8.40. The molecule has 0 heterocycles. The number of hydrogen-bond acceptors (Lipinski definition) is 6. The second-order valence-corrected chi connectivity index (χ2v) is 4.20. The predicted octanol–water partition coefficient (Wildman–Crippen LogP) is 0.661. The van der Waals surface area contributed by atoms with Gasteiger partial charge in [0.2, 0.25) is 0 Å². The van der Waals surface area contributed by atoms with E-state index in [4.69, 9.17) is 26.6 Å². The summed E-state index contributed by atoms with van der Waals surface area (Å²) < 4.78 is 36.2. The lowest BCUT2D eigenvalue weighted by molar-refractivity contribution is 0.0226. The first-order chi connectivity index (χ1) is 5.66. The molecule has 0 saturated heterocycles. The maximum atomic E-state index is 8.40. The van der Waals surface area contributed by atoms with Crippen molar-refractivity contribution in [1.29, 1.82) is 0 Å². The molecular formula is C6H20O6Si2. The van der Waals surface area contributed by atoms with Crippen molar-refractivity contribution in [1.82, 2.24) is 0 Å². The number of hydrogen-bond donors (Lipinski definition) is 0. The Morgan fingerprint density at radius 3 is 0.929 bits per heavy atom. The lowest BCUT2D eigenvalue weighted by atomic mass is 11.8. The van der Waals surface area contributed by atoms with E-state index in [0.29, 0.717) is 0 Å². The molecule has 0 aromatic heterocycles. The summed E-state index contributed by atoms with van der Waals surface area (Å²) in [6.07, 6.45) is 0. The van der Waals surface area contributed by atoms with Gasteiger partial charge in [0, 0.05) is 28.4 Å². The minimum absolute atomic E-state index is 0. The minimum Gasteiger partial charge on any atom is -0.355 e. The van der Waals surface area contributed by atoms with Crippen LogP contribution in [-0.2, 0) is 26.6 Å². The molecule has 0 aromatic carbocycles. The van der Waals surface area contributed by atoms with Gasteiger partial charge in [-0.25, -0.2) is 0 Å². The Balaban J connectivity index is -0.0000000891. The van der Waals surface area contributed by atoms with Crippen molar-refractivity contribution >= 4 is 18.3 Å². The summed E-state index contributed by atoms with van der Waals surface area (Å²) in [5.74, 6) is 0. The van der Waals surface area contributed by atoms with Crippen LogP contribution in [0.5, 0.6) is 0 Å². The van der Waals surface area contributed by atoms with Crippen molar-refractivity contribution < 1.29 is 26.6 Å². The fraction of sp³-hybridized carbons (Fsp3) is 1.00. The van der Waals surface area contributed by atoms with Gasteiger partial charge in [0.25, 0.3) is 0 Å². The van der Waals surface area contributed by atoms with Crippen LogP contribution >= 0.6 is 0 Å². The van der Waals surface area contributed by atoms with E-state index in [9.17, 15) is 0 Å². The van der Waals surface area contributed by atoms with E-state index in [1.807, 2.05) is 0 Å². The molecule has 0 aliphatic rings. The molecule has 0 aliphatic carbocycles. The Kier molecular flexibility index (Phi) is 25.9. The highest BCUT2D eigenvalue weighted by Crippen LogP contribution is 2.04. The van der Waals surface area contributed by atoms with Crippen molar-refractivity contribution in [3.8, 4) is 0 Å². The summed E-state index contributed by atoms with van der Waals surface area (Å²) in [5.41, 5.74) is 0. The molecule has 0 fully saturated rings. The van der Waals surface area contributed by atoms with E-state index in [2.05, 4.69) is 0 Å². The molecule has 0 rings (SSSR count). The van der Waals surface area contributed by atoms with Gasteiger partial charge < -0.3 is 17.7 Å². The fourth-order valence-corrected chi connectivity index (χ4v) is 1.50. The number of rotatable bonds is 4. The maximum Gasteiger partial charge on any atom is 0.678 e. The zero-order valence-corrected chi connectivity index (χ0v) is 9.45. The van der Waals surface area contributed by atoms with Crippen LogP contribution in [0.1, 0.15) is 14.9 Å². The topological polar surface area (TPSA) is 71.1 Å². The lowest BCUT2D eigenvalue weighted by Gasteiger charge is -2.19. The van der Waals surface area contributed by atoms with Crippen LogP contribution in [0.15, 0.2) is 0 Å². The molecular weight excluding hydrogens is 224 g/mol. The third-order valence-corrected chi connectivity index (χ3v) is 3.00. The SMILES string of the molecule is C.C.CO[Si](OC)(OC)OC.O=[Si]=O. The Labute approximate surface area is 88.9 Å². The molecule has 8 heteroatoms. The molecule has 14 heavy (non-hydrogen) atoms. The van der Waals surface area contributed by atoms with Gasteiger partial charge in [-0.05, 0) is 0 Å². The van der Waals surface area contributed by atoms with E-state index in [0.717, 1.165) is 0 Å². The third kappa shape index (κ3) is 9.96. The van der Waals surface area contributed by atoms with Crippen LogP contribution in [0.2, 0.25) is 0 Å². The highest BCUT2D eigenvalue weighted by molar-refractivity contribution is 6.53.